The molecule has 0 spiro atoms. The van der Waals surface area contributed by atoms with Crippen molar-refractivity contribution in [2.24, 2.45) is 0 Å². The van der Waals surface area contributed by atoms with Crippen LogP contribution in [-0.2, 0) is 10.3 Å². The molecule has 6 nitrogen and oxygen atoms in total. The highest BCUT2D eigenvalue weighted by molar-refractivity contribution is 6.35. The summed E-state index contributed by atoms with van der Waals surface area (Å²) in [7, 11) is 0. The summed E-state index contributed by atoms with van der Waals surface area (Å²) >= 11 is 17.8. The lowest BCUT2D eigenvalue weighted by Gasteiger charge is -2.26. The van der Waals surface area contributed by atoms with Crippen molar-refractivity contribution in [3.8, 4) is 5.75 Å². The summed E-state index contributed by atoms with van der Waals surface area (Å²) in [5, 5.41) is 14.4. The molecule has 0 aliphatic carbocycles. The van der Waals surface area contributed by atoms with Crippen LogP contribution in [0.25, 0.3) is 0 Å². The van der Waals surface area contributed by atoms with Gasteiger partial charge in [-0.3, -0.25) is 9.69 Å². The molecule has 0 saturated carbocycles. The van der Waals surface area contributed by atoms with Crippen molar-refractivity contribution in [1.29, 1.82) is 0 Å². The number of aliphatic hydroxyl groups is 1. The molecule has 1 saturated heterocycles. The number of nitrogens with zero attached hydrogens (tertiary/aromatic N) is 1. The molecule has 3 amide bonds. The first-order valence-electron chi connectivity index (χ1n) is 8.93. The topological polar surface area (TPSA) is 78.9 Å². The standard InChI is InChI=1S/C20H19Cl3N2O4/c1-2-20(12-3-5-13(21)6-4-12)18(27)25(19(28)24-20)10-15(26)11-29-17-8-7-14(22)9-16(17)23/h3-9,15,26H,2,10-11H2,1H3,(H,24,28). The van der Waals surface area contributed by atoms with Gasteiger partial charge in [-0.2, -0.15) is 0 Å². The Kier molecular flexibility index (Phi) is 6.58. The Bertz CT molecular complexity index is 922. The normalized spacial score (nSPS) is 20.0. The van der Waals surface area contributed by atoms with E-state index in [9.17, 15) is 14.7 Å². The first kappa shape index (κ1) is 21.7. The van der Waals surface area contributed by atoms with E-state index in [1.807, 2.05) is 0 Å². The van der Waals surface area contributed by atoms with Crippen LogP contribution in [0.1, 0.15) is 18.9 Å². The van der Waals surface area contributed by atoms with Crippen LogP contribution in [0.4, 0.5) is 4.79 Å². The fraction of sp³-hybridized carbons (Fsp3) is 0.300. The Morgan fingerprint density at radius 1 is 1.10 bits per heavy atom. The van der Waals surface area contributed by atoms with E-state index < -0.39 is 23.6 Å². The molecule has 0 radical (unpaired) electrons. The van der Waals surface area contributed by atoms with Gasteiger partial charge in [0.1, 0.15) is 24.0 Å². The van der Waals surface area contributed by atoms with Gasteiger partial charge in [0, 0.05) is 10.0 Å². The first-order valence-corrected chi connectivity index (χ1v) is 10.1. The number of aliphatic hydroxyl groups excluding tert-OH is 1. The Morgan fingerprint density at radius 3 is 2.38 bits per heavy atom. The number of carbonyl (C=O) groups excluding carboxylic acids is 2. The van der Waals surface area contributed by atoms with Gasteiger partial charge in [-0.1, -0.05) is 53.9 Å². The number of nitrogens with one attached hydrogen (secondary N) is 1. The number of hydrogen-bond acceptors (Lipinski definition) is 4. The quantitative estimate of drug-likeness (QED) is 0.610. The Morgan fingerprint density at radius 2 is 1.76 bits per heavy atom. The summed E-state index contributed by atoms with van der Waals surface area (Å²) < 4.78 is 5.49. The van der Waals surface area contributed by atoms with Gasteiger partial charge in [-0.15, -0.1) is 0 Å². The second-order valence-electron chi connectivity index (χ2n) is 6.65. The SMILES string of the molecule is CCC1(c2ccc(Cl)cc2)NC(=O)N(CC(O)COc2ccc(Cl)cc2Cl)C1=O. The molecule has 1 heterocycles. The van der Waals surface area contributed by atoms with Crippen LogP contribution in [0.5, 0.6) is 5.75 Å². The maximum atomic E-state index is 13.1. The molecule has 154 valence electrons. The van der Waals surface area contributed by atoms with E-state index in [0.29, 0.717) is 32.8 Å². The van der Waals surface area contributed by atoms with E-state index in [-0.39, 0.29) is 13.2 Å². The van der Waals surface area contributed by atoms with E-state index in [4.69, 9.17) is 39.5 Å². The van der Waals surface area contributed by atoms with Crippen LogP contribution in [0, 0.1) is 0 Å². The number of rotatable bonds is 7. The maximum Gasteiger partial charge on any atom is 0.325 e. The number of hydrogen-bond donors (Lipinski definition) is 2. The fourth-order valence-corrected chi connectivity index (χ4v) is 3.80. The molecule has 2 N–H and O–H groups in total. The number of imide groups is 1. The van der Waals surface area contributed by atoms with Crippen molar-refractivity contribution in [3.05, 3.63) is 63.1 Å². The van der Waals surface area contributed by atoms with Gasteiger partial charge in [0.05, 0.1) is 11.6 Å². The Hall–Kier alpha value is -1.99. The molecule has 1 fully saturated rings. The third kappa shape index (κ3) is 4.46. The van der Waals surface area contributed by atoms with Crippen molar-refractivity contribution < 1.29 is 19.4 Å². The Balaban J connectivity index is 1.69. The summed E-state index contributed by atoms with van der Waals surface area (Å²) in [5.41, 5.74) is -0.564. The molecule has 2 aromatic carbocycles. The number of β-amino-alcohol motifs (C(OH)–C–C–N with tert-alkyl or cyclic N) is 1. The molecular weight excluding hydrogens is 439 g/mol. The third-order valence-corrected chi connectivity index (χ3v) is 5.54. The highest BCUT2D eigenvalue weighted by Crippen LogP contribution is 2.33. The van der Waals surface area contributed by atoms with Crippen molar-refractivity contribution in [2.45, 2.75) is 25.0 Å². The molecule has 29 heavy (non-hydrogen) atoms. The van der Waals surface area contributed by atoms with Crippen molar-refractivity contribution in [2.75, 3.05) is 13.2 Å². The van der Waals surface area contributed by atoms with Gasteiger partial charge in [-0.05, 0) is 42.3 Å². The molecule has 3 rings (SSSR count). The molecule has 2 unspecified atom stereocenters. The number of amides is 3. The molecule has 0 bridgehead atoms. The number of halogens is 3. The zero-order valence-corrected chi connectivity index (χ0v) is 17.8. The second kappa shape index (κ2) is 8.79. The van der Waals surface area contributed by atoms with Gasteiger partial charge >= 0.3 is 6.03 Å². The van der Waals surface area contributed by atoms with Crippen LogP contribution in [0.3, 0.4) is 0 Å². The minimum absolute atomic E-state index is 0.154. The zero-order valence-electron chi connectivity index (χ0n) is 15.5. The molecular formula is C20H19Cl3N2O4. The monoisotopic (exact) mass is 456 g/mol. The van der Waals surface area contributed by atoms with Crippen molar-refractivity contribution in [1.82, 2.24) is 10.2 Å². The van der Waals surface area contributed by atoms with E-state index in [0.717, 1.165) is 4.90 Å². The summed E-state index contributed by atoms with van der Waals surface area (Å²) in [6.07, 6.45) is -0.753. The van der Waals surface area contributed by atoms with E-state index in [2.05, 4.69) is 5.32 Å². The van der Waals surface area contributed by atoms with Crippen molar-refractivity contribution >= 4 is 46.7 Å². The van der Waals surface area contributed by atoms with Crippen LogP contribution in [0.2, 0.25) is 15.1 Å². The van der Waals surface area contributed by atoms with Gasteiger partial charge in [-0.25, -0.2) is 4.79 Å². The predicted molar refractivity (Wildman–Crippen MR) is 112 cm³/mol. The first-order chi connectivity index (χ1) is 13.8. The van der Waals surface area contributed by atoms with Crippen LogP contribution in [0.15, 0.2) is 42.5 Å². The maximum absolute atomic E-state index is 13.1. The largest absolute Gasteiger partial charge is 0.489 e. The van der Waals surface area contributed by atoms with Gasteiger partial charge in [0.15, 0.2) is 0 Å². The number of benzene rings is 2. The predicted octanol–water partition coefficient (Wildman–Crippen LogP) is 4.24. The van der Waals surface area contributed by atoms with Crippen LogP contribution < -0.4 is 10.1 Å². The molecule has 2 atom stereocenters. The van der Waals surface area contributed by atoms with Crippen LogP contribution in [-0.4, -0.2) is 41.2 Å². The van der Waals surface area contributed by atoms with Gasteiger partial charge < -0.3 is 15.2 Å². The van der Waals surface area contributed by atoms with Gasteiger partial charge in [0.2, 0.25) is 0 Å². The summed E-state index contributed by atoms with van der Waals surface area (Å²) in [6.45, 7) is 1.43. The molecule has 0 aromatic heterocycles. The molecule has 1 aliphatic rings. The van der Waals surface area contributed by atoms with Crippen molar-refractivity contribution in [3.63, 3.8) is 0 Å². The highest BCUT2D eigenvalue weighted by Gasteiger charge is 2.51. The lowest BCUT2D eigenvalue weighted by Crippen LogP contribution is -2.44. The summed E-state index contributed by atoms with van der Waals surface area (Å²) in [5.74, 6) is -0.0905. The smallest absolute Gasteiger partial charge is 0.325 e. The summed E-state index contributed by atoms with van der Waals surface area (Å²) in [4.78, 5) is 26.6. The third-order valence-electron chi connectivity index (χ3n) is 4.76. The second-order valence-corrected chi connectivity index (χ2v) is 7.93. The molecule has 1 aliphatic heterocycles. The number of ether oxygens (including phenoxy) is 1. The highest BCUT2D eigenvalue weighted by atomic mass is 35.5. The van der Waals surface area contributed by atoms with E-state index in [1.54, 1.807) is 43.3 Å². The Labute approximate surface area is 183 Å². The van der Waals surface area contributed by atoms with E-state index >= 15 is 0 Å². The van der Waals surface area contributed by atoms with Gasteiger partial charge in [0.25, 0.3) is 5.91 Å². The average Bonchev–Trinajstić information content (AvgIpc) is 2.93. The zero-order chi connectivity index (χ0) is 21.2. The molecule has 2 aromatic rings. The number of carbonyl (C=O) groups is 2. The minimum Gasteiger partial charge on any atom is -0.489 e. The lowest BCUT2D eigenvalue weighted by atomic mass is 9.87. The van der Waals surface area contributed by atoms with Crippen LogP contribution >= 0.6 is 34.8 Å². The summed E-state index contributed by atoms with van der Waals surface area (Å²) in [6, 6.07) is 10.9. The fourth-order valence-electron chi connectivity index (χ4n) is 3.21. The average molecular weight is 458 g/mol. The lowest BCUT2D eigenvalue weighted by molar-refractivity contribution is -0.132. The van der Waals surface area contributed by atoms with E-state index in [1.165, 1.54) is 6.07 Å². The number of urea groups is 1. The molecule has 9 heteroatoms. The minimum atomic E-state index is -1.19.